The van der Waals surface area contributed by atoms with Crippen molar-refractivity contribution in [3.63, 3.8) is 0 Å². The van der Waals surface area contributed by atoms with Crippen molar-refractivity contribution in [3.8, 4) is 11.6 Å². The van der Waals surface area contributed by atoms with E-state index in [4.69, 9.17) is 4.74 Å². The summed E-state index contributed by atoms with van der Waals surface area (Å²) in [5.41, 5.74) is 1.21. The molecule has 5 rings (SSSR count). The molecule has 1 saturated heterocycles. The molecule has 142 valence electrons. The molecule has 0 N–H and O–H groups in total. The Bertz CT molecular complexity index is 992. The van der Waals surface area contributed by atoms with Crippen molar-refractivity contribution < 1.29 is 13.9 Å². The van der Waals surface area contributed by atoms with Gasteiger partial charge in [-0.15, -0.1) is 0 Å². The molecule has 2 bridgehead atoms. The van der Waals surface area contributed by atoms with Gasteiger partial charge in [-0.1, -0.05) is 12.1 Å². The Hall–Kier alpha value is -3.29. The second-order valence-corrected chi connectivity index (χ2v) is 7.17. The summed E-state index contributed by atoms with van der Waals surface area (Å²) in [5, 5.41) is 8.31. The molecule has 1 amide bonds. The zero-order valence-corrected chi connectivity index (χ0v) is 15.0. The molecule has 2 fully saturated rings. The number of amides is 1. The van der Waals surface area contributed by atoms with Gasteiger partial charge >= 0.3 is 0 Å². The SMILES string of the molecule is O=C(c1ccccc1-n1nccn1)N1CC2CC(Oc3ccc(F)cn3)C1C2. The van der Waals surface area contributed by atoms with Gasteiger partial charge in [-0.25, -0.2) is 9.37 Å². The molecule has 2 aromatic heterocycles. The fourth-order valence-electron chi connectivity index (χ4n) is 4.24. The molecule has 28 heavy (non-hydrogen) atoms. The highest BCUT2D eigenvalue weighted by molar-refractivity contribution is 5.98. The number of halogens is 1. The van der Waals surface area contributed by atoms with Crippen LogP contribution in [-0.2, 0) is 0 Å². The number of nitrogens with zero attached hydrogens (tertiary/aromatic N) is 5. The van der Waals surface area contributed by atoms with Gasteiger partial charge < -0.3 is 9.64 Å². The number of likely N-dealkylation sites (tertiary alicyclic amines) is 1. The second kappa shape index (κ2) is 6.70. The quantitative estimate of drug-likeness (QED) is 0.696. The molecule has 3 heterocycles. The van der Waals surface area contributed by atoms with Crippen LogP contribution in [0.3, 0.4) is 0 Å². The minimum atomic E-state index is -0.402. The number of rotatable bonds is 4. The minimum absolute atomic E-state index is 0.0250. The third-order valence-electron chi connectivity index (χ3n) is 5.43. The van der Waals surface area contributed by atoms with E-state index in [2.05, 4.69) is 15.2 Å². The molecule has 3 unspecified atom stereocenters. The molecule has 1 aliphatic carbocycles. The standard InChI is InChI=1S/C20H18FN5O2/c21-14-5-6-19(22-11-14)28-18-10-13-9-17(18)25(12-13)20(27)15-3-1-2-4-16(15)26-23-7-8-24-26/h1-8,11,13,17-18H,9-10,12H2. The second-order valence-electron chi connectivity index (χ2n) is 7.17. The molecule has 3 atom stereocenters. The van der Waals surface area contributed by atoms with Crippen LogP contribution in [0.4, 0.5) is 4.39 Å². The Kier molecular flexibility index (Phi) is 4.03. The zero-order valence-electron chi connectivity index (χ0n) is 15.0. The lowest BCUT2D eigenvalue weighted by atomic mass is 10.1. The Morgan fingerprint density at radius 3 is 2.68 bits per heavy atom. The van der Waals surface area contributed by atoms with E-state index in [1.807, 2.05) is 23.1 Å². The zero-order chi connectivity index (χ0) is 19.1. The summed E-state index contributed by atoms with van der Waals surface area (Å²) >= 11 is 0. The molecular formula is C20H18FN5O2. The van der Waals surface area contributed by atoms with Gasteiger partial charge in [0.2, 0.25) is 5.88 Å². The summed E-state index contributed by atoms with van der Waals surface area (Å²) in [6.07, 6.45) is 5.93. The lowest BCUT2D eigenvalue weighted by molar-refractivity contribution is 0.0466. The lowest BCUT2D eigenvalue weighted by Crippen LogP contribution is -2.47. The monoisotopic (exact) mass is 379 g/mol. The van der Waals surface area contributed by atoms with Crippen molar-refractivity contribution >= 4 is 5.91 Å². The van der Waals surface area contributed by atoms with Gasteiger partial charge in [0, 0.05) is 12.6 Å². The molecule has 2 aliphatic rings. The van der Waals surface area contributed by atoms with Crippen LogP contribution in [0.5, 0.6) is 5.88 Å². The van der Waals surface area contributed by atoms with Gasteiger partial charge in [-0.2, -0.15) is 15.0 Å². The summed E-state index contributed by atoms with van der Waals surface area (Å²) in [5.74, 6) is 0.323. The highest BCUT2D eigenvalue weighted by Crippen LogP contribution is 2.40. The first kappa shape index (κ1) is 16.9. The number of aromatic nitrogens is 4. The van der Waals surface area contributed by atoms with Crippen LogP contribution >= 0.6 is 0 Å². The summed E-state index contributed by atoms with van der Waals surface area (Å²) in [6, 6.07) is 10.1. The number of hydrogen-bond acceptors (Lipinski definition) is 5. The average Bonchev–Trinajstić information content (AvgIpc) is 3.46. The van der Waals surface area contributed by atoms with Crippen LogP contribution in [-0.4, -0.2) is 49.5 Å². The fraction of sp³-hybridized carbons (Fsp3) is 0.300. The van der Waals surface area contributed by atoms with E-state index in [0.29, 0.717) is 29.6 Å². The number of pyridine rings is 1. The fourth-order valence-corrected chi connectivity index (χ4v) is 4.24. The molecule has 3 aromatic rings. The number of benzene rings is 1. The number of piperidine rings is 1. The molecule has 7 nitrogen and oxygen atoms in total. The van der Waals surface area contributed by atoms with E-state index in [1.54, 1.807) is 18.5 Å². The minimum Gasteiger partial charge on any atom is -0.472 e. The predicted molar refractivity (Wildman–Crippen MR) is 97.5 cm³/mol. The maximum atomic E-state index is 13.3. The first-order valence-electron chi connectivity index (χ1n) is 9.24. The van der Waals surface area contributed by atoms with E-state index >= 15 is 0 Å². The van der Waals surface area contributed by atoms with Crippen LogP contribution < -0.4 is 4.74 Å². The lowest BCUT2D eigenvalue weighted by Gasteiger charge is -2.33. The Balaban J connectivity index is 1.39. The van der Waals surface area contributed by atoms with Gasteiger partial charge in [0.15, 0.2) is 0 Å². The number of para-hydroxylation sites is 1. The maximum Gasteiger partial charge on any atom is 0.256 e. The van der Waals surface area contributed by atoms with Crippen molar-refractivity contribution in [1.82, 2.24) is 24.9 Å². The van der Waals surface area contributed by atoms with Crippen LogP contribution in [0.15, 0.2) is 55.0 Å². The van der Waals surface area contributed by atoms with Gasteiger partial charge in [0.25, 0.3) is 5.91 Å². The maximum absolute atomic E-state index is 13.3. The normalized spacial score (nSPS) is 23.2. The average molecular weight is 379 g/mol. The Labute approximate surface area is 160 Å². The van der Waals surface area contributed by atoms with E-state index in [0.717, 1.165) is 19.0 Å². The number of fused-ring (bicyclic) bond motifs is 2. The predicted octanol–water partition coefficient (Wildman–Crippen LogP) is 2.48. The number of ether oxygens (including phenoxy) is 1. The van der Waals surface area contributed by atoms with E-state index in [1.165, 1.54) is 16.9 Å². The van der Waals surface area contributed by atoms with Crippen molar-refractivity contribution in [1.29, 1.82) is 0 Å². The number of hydrogen-bond donors (Lipinski definition) is 0. The highest BCUT2D eigenvalue weighted by Gasteiger charge is 2.48. The van der Waals surface area contributed by atoms with Gasteiger partial charge in [-0.3, -0.25) is 4.79 Å². The molecular weight excluding hydrogens is 361 g/mol. The molecule has 1 saturated carbocycles. The summed E-state index contributed by atoms with van der Waals surface area (Å²) < 4.78 is 19.1. The number of carbonyl (C=O) groups excluding carboxylic acids is 1. The summed E-state index contributed by atoms with van der Waals surface area (Å²) in [7, 11) is 0. The molecule has 8 heteroatoms. The summed E-state index contributed by atoms with van der Waals surface area (Å²) in [6.45, 7) is 0.709. The van der Waals surface area contributed by atoms with E-state index in [-0.39, 0.29) is 18.1 Å². The first-order chi connectivity index (χ1) is 13.7. The largest absolute Gasteiger partial charge is 0.472 e. The van der Waals surface area contributed by atoms with E-state index < -0.39 is 5.82 Å². The molecule has 1 aromatic carbocycles. The number of carbonyl (C=O) groups is 1. The molecule has 1 aliphatic heterocycles. The Morgan fingerprint density at radius 2 is 1.93 bits per heavy atom. The van der Waals surface area contributed by atoms with Gasteiger partial charge in [0.1, 0.15) is 11.9 Å². The summed E-state index contributed by atoms with van der Waals surface area (Å²) in [4.78, 5) is 20.6. The van der Waals surface area contributed by atoms with Gasteiger partial charge in [-0.05, 0) is 37.0 Å². The third kappa shape index (κ3) is 2.90. The third-order valence-corrected chi connectivity index (χ3v) is 5.43. The van der Waals surface area contributed by atoms with Crippen molar-refractivity contribution in [2.24, 2.45) is 5.92 Å². The topological polar surface area (TPSA) is 73.1 Å². The van der Waals surface area contributed by atoms with E-state index in [9.17, 15) is 9.18 Å². The first-order valence-corrected chi connectivity index (χ1v) is 9.24. The Morgan fingerprint density at radius 1 is 1.11 bits per heavy atom. The van der Waals surface area contributed by atoms with Gasteiger partial charge in [0.05, 0.1) is 35.9 Å². The smallest absolute Gasteiger partial charge is 0.256 e. The molecule has 0 spiro atoms. The highest BCUT2D eigenvalue weighted by atomic mass is 19.1. The van der Waals surface area contributed by atoms with Crippen LogP contribution in [0.2, 0.25) is 0 Å². The van der Waals surface area contributed by atoms with Crippen LogP contribution in [0, 0.1) is 11.7 Å². The van der Waals surface area contributed by atoms with Crippen LogP contribution in [0.1, 0.15) is 23.2 Å². The van der Waals surface area contributed by atoms with Crippen molar-refractivity contribution in [2.75, 3.05) is 6.54 Å². The van der Waals surface area contributed by atoms with Crippen molar-refractivity contribution in [2.45, 2.75) is 25.0 Å². The van der Waals surface area contributed by atoms with Crippen molar-refractivity contribution in [3.05, 3.63) is 66.4 Å². The molecule has 0 radical (unpaired) electrons. The van der Waals surface area contributed by atoms with Crippen LogP contribution in [0.25, 0.3) is 5.69 Å².